The number of fused-ring (bicyclic) bond motifs is 4. The van der Waals surface area contributed by atoms with Crippen molar-refractivity contribution in [2.24, 2.45) is 30.7 Å². The van der Waals surface area contributed by atoms with Gasteiger partial charge in [0, 0.05) is 43.4 Å². The van der Waals surface area contributed by atoms with Gasteiger partial charge in [0.25, 0.3) is 0 Å². The topological polar surface area (TPSA) is 349 Å². The Kier molecular flexibility index (Phi) is 18.6. The van der Waals surface area contributed by atoms with Crippen molar-refractivity contribution in [1.82, 2.24) is 0 Å². The number of nitrogens with two attached hydrogens (primary N) is 1. The average molecular weight is 1030 g/mol. The van der Waals surface area contributed by atoms with E-state index in [9.17, 15) is 57.0 Å². The Hall–Kier alpha value is -3.16. The molecule has 0 bridgehead atoms. The molecule has 28 heteroatoms. The van der Waals surface area contributed by atoms with Crippen LogP contribution in [0.4, 0.5) is 39.8 Å². The van der Waals surface area contributed by atoms with Crippen molar-refractivity contribution >= 4 is 123 Å². The molecular formula is C40H23N7Na4O13S4. The second-order valence-corrected chi connectivity index (χ2v) is 19.1. The van der Waals surface area contributed by atoms with Crippen LogP contribution in [0, 0.1) is 0 Å². The molecule has 3 N–H and O–H groups in total. The summed E-state index contributed by atoms with van der Waals surface area (Å²) in [7, 11) is -20.6. The summed E-state index contributed by atoms with van der Waals surface area (Å²) >= 11 is 0. The normalized spacial score (nSPS) is 12.4. The summed E-state index contributed by atoms with van der Waals surface area (Å²) in [6.45, 7) is 0. The number of phenols is 1. The van der Waals surface area contributed by atoms with E-state index >= 15 is 0 Å². The minimum atomic E-state index is -5.30. The first-order chi connectivity index (χ1) is 30.1. The van der Waals surface area contributed by atoms with E-state index in [1.165, 1.54) is 54.6 Å². The first kappa shape index (κ1) is 57.4. The molecule has 68 heavy (non-hydrogen) atoms. The second kappa shape index (κ2) is 22.1. The number of hydrogen-bond acceptors (Lipinski definition) is 20. The van der Waals surface area contributed by atoms with Crippen LogP contribution >= 0.6 is 0 Å². The summed E-state index contributed by atoms with van der Waals surface area (Å²) in [6, 6.07) is 26.0. The molecule has 0 amide bonds. The zero-order valence-electron chi connectivity index (χ0n) is 35.8. The largest absolute Gasteiger partial charge is 1.00 e. The zero-order valence-corrected chi connectivity index (χ0v) is 47.1. The molecule has 324 valence electrons. The molecule has 0 saturated heterocycles. The van der Waals surface area contributed by atoms with Crippen LogP contribution < -0.4 is 124 Å². The first-order valence-electron chi connectivity index (χ1n) is 17.9. The fourth-order valence-electron chi connectivity index (χ4n) is 6.89. The van der Waals surface area contributed by atoms with Crippen LogP contribution in [0.15, 0.2) is 172 Å². The Balaban J connectivity index is 0.00000252. The first-order valence-corrected chi connectivity index (χ1v) is 23.5. The minimum Gasteiger partial charge on any atom is -0.744 e. The van der Waals surface area contributed by atoms with Crippen LogP contribution in [0.1, 0.15) is 0 Å². The molecule has 20 nitrogen and oxygen atoms in total. The average Bonchev–Trinajstić information content (AvgIpc) is 3.22. The number of azo groups is 3. The molecular weight excluding hydrogens is 1010 g/mol. The van der Waals surface area contributed by atoms with Crippen molar-refractivity contribution in [1.29, 1.82) is 0 Å². The van der Waals surface area contributed by atoms with E-state index < -0.39 is 71.5 Å². The van der Waals surface area contributed by atoms with Crippen molar-refractivity contribution in [2.75, 3.05) is 5.73 Å². The molecule has 8 aromatic carbocycles. The summed E-state index contributed by atoms with van der Waals surface area (Å²) in [4.78, 5) is -3.17. The number of aromatic hydroxyl groups is 1. The van der Waals surface area contributed by atoms with Crippen molar-refractivity contribution in [3.05, 3.63) is 121 Å². The van der Waals surface area contributed by atoms with Gasteiger partial charge in [0.15, 0.2) is 0 Å². The molecule has 0 atom stereocenters. The van der Waals surface area contributed by atoms with Crippen molar-refractivity contribution < 1.29 is 175 Å². The Bertz CT molecular complexity index is 3910. The SMILES string of the molecule is Nc1ccc2cc(O)c(N=Nc3ccc(N=Nc4ccc(N=Nc5cc(S(=O)(=O)[O-])c6cccc(S(=O)(=O)[O-])c6c5)c5ccccc45)c4ccc(S(=O)(=O)[O-])cc34)c(S(=O)(=O)[O-])c2c1.[Na+].[Na+].[Na+].[Na+]. The van der Waals surface area contributed by atoms with E-state index in [0.717, 1.165) is 42.5 Å². The van der Waals surface area contributed by atoms with Crippen LogP contribution in [-0.2, 0) is 40.5 Å². The maximum atomic E-state index is 12.5. The fraction of sp³-hybridized carbons (Fsp3) is 0. The van der Waals surface area contributed by atoms with Crippen molar-refractivity contribution in [2.45, 2.75) is 19.6 Å². The Labute approximate surface area is 475 Å². The smallest absolute Gasteiger partial charge is 0.744 e. The van der Waals surface area contributed by atoms with Crippen molar-refractivity contribution in [3.63, 3.8) is 0 Å². The van der Waals surface area contributed by atoms with Crippen molar-refractivity contribution in [3.8, 4) is 5.75 Å². The summed E-state index contributed by atoms with van der Waals surface area (Å²) in [5, 5.41) is 36.1. The van der Waals surface area contributed by atoms with Gasteiger partial charge >= 0.3 is 118 Å². The van der Waals surface area contributed by atoms with Gasteiger partial charge in [-0.25, -0.2) is 33.7 Å². The van der Waals surface area contributed by atoms with E-state index in [2.05, 4.69) is 30.7 Å². The zero-order chi connectivity index (χ0) is 45.9. The number of nitrogens with zero attached hydrogens (tertiary/aromatic N) is 6. The third kappa shape index (κ3) is 12.1. The maximum Gasteiger partial charge on any atom is 1.00 e. The molecule has 0 saturated carbocycles. The van der Waals surface area contributed by atoms with E-state index in [1.807, 2.05) is 0 Å². The van der Waals surface area contributed by atoms with Crippen LogP contribution in [-0.4, -0.2) is 57.0 Å². The van der Waals surface area contributed by atoms with Gasteiger partial charge in [-0.3, -0.25) is 0 Å². The molecule has 0 aliphatic heterocycles. The molecule has 0 spiro atoms. The third-order valence-electron chi connectivity index (χ3n) is 9.67. The van der Waals surface area contributed by atoms with Gasteiger partial charge in [-0.05, 0) is 78.2 Å². The third-order valence-corrected chi connectivity index (χ3v) is 13.2. The van der Waals surface area contributed by atoms with Gasteiger partial charge in [-0.1, -0.05) is 48.5 Å². The van der Waals surface area contributed by atoms with E-state index in [-0.39, 0.29) is 185 Å². The molecule has 8 rings (SSSR count). The Morgan fingerprint density at radius 3 is 1.47 bits per heavy atom. The predicted molar refractivity (Wildman–Crippen MR) is 226 cm³/mol. The molecule has 0 aliphatic rings. The molecule has 8 aromatic rings. The summed E-state index contributed by atoms with van der Waals surface area (Å²) in [6.07, 6.45) is 0. The minimum absolute atomic E-state index is 0. The molecule has 0 radical (unpaired) electrons. The number of anilines is 1. The van der Waals surface area contributed by atoms with Crippen LogP contribution in [0.5, 0.6) is 5.75 Å². The predicted octanol–water partition coefficient (Wildman–Crippen LogP) is -3.53. The van der Waals surface area contributed by atoms with Gasteiger partial charge in [0.2, 0.25) is 0 Å². The van der Waals surface area contributed by atoms with Gasteiger partial charge in [0.1, 0.15) is 51.9 Å². The maximum absolute atomic E-state index is 12.5. The number of benzene rings is 8. The Morgan fingerprint density at radius 2 is 0.926 bits per heavy atom. The van der Waals surface area contributed by atoms with Gasteiger partial charge in [-0.2, -0.15) is 5.11 Å². The number of nitrogen functional groups attached to an aromatic ring is 1. The van der Waals surface area contributed by atoms with E-state index in [1.54, 1.807) is 24.3 Å². The number of phenolic OH excluding ortho intramolecular Hbond substituents is 1. The molecule has 0 aliphatic carbocycles. The quantitative estimate of drug-likeness (QED) is 0.0581. The number of hydrogen-bond donors (Lipinski definition) is 2. The molecule has 0 unspecified atom stereocenters. The summed E-state index contributed by atoms with van der Waals surface area (Å²) in [5.74, 6) is -0.725. The Morgan fingerprint density at radius 1 is 0.412 bits per heavy atom. The second-order valence-electron chi connectivity index (χ2n) is 13.7. The molecule has 0 aromatic heterocycles. The number of rotatable bonds is 10. The van der Waals surface area contributed by atoms with Crippen LogP contribution in [0.3, 0.4) is 0 Å². The monoisotopic (exact) mass is 1030 g/mol. The van der Waals surface area contributed by atoms with Crippen LogP contribution in [0.25, 0.3) is 43.1 Å². The van der Waals surface area contributed by atoms with Gasteiger partial charge < -0.3 is 29.1 Å². The molecule has 0 heterocycles. The molecule has 0 fully saturated rings. The van der Waals surface area contributed by atoms with Gasteiger partial charge in [-0.15, -0.1) is 25.6 Å². The van der Waals surface area contributed by atoms with E-state index in [4.69, 9.17) is 5.73 Å². The standard InChI is InChI=1S/C40H27N7O13S4.4Na/c41-22-9-8-21-16-36(48)39(40(29(21)17-22)64(58,59)60)47-46-35-15-14-34(27-11-10-24(20-30(27)35)61(49,50)51)45-44-33-13-12-32(25-4-1-2-5-26(25)33)43-42-23-18-31-28(38(19-23)63(55,56)57)6-3-7-37(31)62(52,53)54;;;;/h1-20,48H,41H2,(H,49,50,51)(H,52,53,54)(H,55,56,57)(H,58,59,60);;;;/q;4*+1/p-4. The van der Waals surface area contributed by atoms with E-state index in [0.29, 0.717) is 10.8 Å². The summed E-state index contributed by atoms with van der Waals surface area (Å²) in [5.41, 5.74) is 5.38. The summed E-state index contributed by atoms with van der Waals surface area (Å²) < 4.78 is 146. The van der Waals surface area contributed by atoms with Crippen LogP contribution in [0.2, 0.25) is 0 Å². The fourth-order valence-corrected chi connectivity index (χ4v) is 9.61. The van der Waals surface area contributed by atoms with Gasteiger partial charge in [0.05, 0.1) is 48.0 Å².